The molecule has 0 aliphatic carbocycles. The summed E-state index contributed by atoms with van der Waals surface area (Å²) < 4.78 is 0. The van der Waals surface area contributed by atoms with Crippen LogP contribution in [-0.2, 0) is 0 Å². The first kappa shape index (κ1) is 13.0. The molecular formula is C12H21N5O. The van der Waals surface area contributed by atoms with E-state index in [1.165, 1.54) is 0 Å². The number of aliphatic hydroxyl groups is 1. The van der Waals surface area contributed by atoms with Gasteiger partial charge in [0.25, 0.3) is 0 Å². The first-order valence-corrected chi connectivity index (χ1v) is 6.35. The van der Waals surface area contributed by atoms with E-state index in [2.05, 4.69) is 20.3 Å². The Morgan fingerprint density at radius 1 is 1.50 bits per heavy atom. The predicted octanol–water partition coefficient (Wildman–Crippen LogP) is 0.668. The third kappa shape index (κ3) is 2.70. The zero-order valence-electron chi connectivity index (χ0n) is 10.9. The average Bonchev–Trinajstić information content (AvgIpc) is 2.39. The van der Waals surface area contributed by atoms with Crippen molar-refractivity contribution in [3.8, 4) is 0 Å². The van der Waals surface area contributed by atoms with E-state index in [9.17, 15) is 5.11 Å². The Hall–Kier alpha value is -1.40. The molecule has 1 aromatic rings. The molecule has 18 heavy (non-hydrogen) atoms. The van der Waals surface area contributed by atoms with Crippen molar-refractivity contribution in [3.05, 3.63) is 11.8 Å². The molecule has 1 saturated heterocycles. The topological polar surface area (TPSA) is 87.3 Å². The Morgan fingerprint density at radius 3 is 2.72 bits per heavy atom. The highest BCUT2D eigenvalue weighted by atomic mass is 16.3. The average molecular weight is 251 g/mol. The van der Waals surface area contributed by atoms with Crippen molar-refractivity contribution in [2.24, 2.45) is 11.8 Å². The Kier molecular flexibility index (Phi) is 3.98. The summed E-state index contributed by atoms with van der Waals surface area (Å²) in [4.78, 5) is 10.7. The summed E-state index contributed by atoms with van der Waals surface area (Å²) in [6.07, 6.45) is 3.54. The zero-order valence-corrected chi connectivity index (χ0v) is 10.9. The molecule has 1 aliphatic heterocycles. The van der Waals surface area contributed by atoms with Crippen LogP contribution in [0.2, 0.25) is 0 Å². The molecule has 1 aromatic heterocycles. The first-order chi connectivity index (χ1) is 8.61. The molecule has 0 bridgehead atoms. The number of piperidine rings is 1. The van der Waals surface area contributed by atoms with Crippen LogP contribution in [0.1, 0.15) is 25.3 Å². The van der Waals surface area contributed by atoms with Crippen molar-refractivity contribution in [2.75, 3.05) is 23.4 Å². The third-order valence-electron chi connectivity index (χ3n) is 3.60. The van der Waals surface area contributed by atoms with Crippen molar-refractivity contribution < 1.29 is 5.11 Å². The lowest BCUT2D eigenvalue weighted by Gasteiger charge is -2.34. The Labute approximate surface area is 107 Å². The minimum Gasteiger partial charge on any atom is -0.393 e. The second kappa shape index (κ2) is 5.49. The number of aliphatic hydroxyl groups excluding tert-OH is 1. The fourth-order valence-electron chi connectivity index (χ4n) is 2.42. The van der Waals surface area contributed by atoms with Crippen molar-refractivity contribution in [3.63, 3.8) is 0 Å². The molecule has 2 heterocycles. The highest BCUT2D eigenvalue weighted by Crippen LogP contribution is 2.26. The van der Waals surface area contributed by atoms with E-state index in [4.69, 9.17) is 5.84 Å². The fourth-order valence-corrected chi connectivity index (χ4v) is 2.42. The highest BCUT2D eigenvalue weighted by Gasteiger charge is 2.24. The van der Waals surface area contributed by atoms with Gasteiger partial charge in [-0.15, -0.1) is 0 Å². The van der Waals surface area contributed by atoms with Crippen LogP contribution < -0.4 is 16.2 Å². The summed E-state index contributed by atoms with van der Waals surface area (Å²) in [6.45, 7) is 5.69. The molecule has 0 amide bonds. The number of aromatic nitrogens is 2. The van der Waals surface area contributed by atoms with Crippen LogP contribution in [-0.4, -0.2) is 34.3 Å². The lowest BCUT2D eigenvalue weighted by molar-refractivity contribution is 0.109. The number of nitrogen functional groups attached to an aromatic ring is 1. The van der Waals surface area contributed by atoms with Gasteiger partial charge in [0, 0.05) is 24.8 Å². The molecular weight excluding hydrogens is 230 g/mol. The van der Waals surface area contributed by atoms with Crippen LogP contribution in [0.15, 0.2) is 6.20 Å². The molecule has 1 aliphatic rings. The summed E-state index contributed by atoms with van der Waals surface area (Å²) in [5.41, 5.74) is 3.52. The maximum atomic E-state index is 9.60. The maximum Gasteiger partial charge on any atom is 0.239 e. The molecule has 1 unspecified atom stereocenters. The maximum absolute atomic E-state index is 9.60. The minimum atomic E-state index is -0.222. The molecule has 0 saturated carbocycles. The molecule has 0 spiro atoms. The Morgan fingerprint density at radius 2 is 2.17 bits per heavy atom. The molecule has 6 nitrogen and oxygen atoms in total. The molecule has 2 rings (SSSR count). The van der Waals surface area contributed by atoms with Gasteiger partial charge in [0.2, 0.25) is 5.95 Å². The predicted molar refractivity (Wildman–Crippen MR) is 71.2 cm³/mol. The summed E-state index contributed by atoms with van der Waals surface area (Å²) in [5.74, 6) is 7.10. The van der Waals surface area contributed by atoms with Crippen molar-refractivity contribution in [1.29, 1.82) is 0 Å². The van der Waals surface area contributed by atoms with Gasteiger partial charge in [0.05, 0.1) is 6.10 Å². The monoisotopic (exact) mass is 251 g/mol. The molecule has 0 aromatic carbocycles. The second-order valence-corrected chi connectivity index (χ2v) is 4.91. The number of rotatable bonds is 3. The first-order valence-electron chi connectivity index (χ1n) is 6.35. The van der Waals surface area contributed by atoms with E-state index >= 15 is 0 Å². The summed E-state index contributed by atoms with van der Waals surface area (Å²) in [5, 5.41) is 9.60. The Balaban J connectivity index is 2.09. The summed E-state index contributed by atoms with van der Waals surface area (Å²) >= 11 is 0. The summed E-state index contributed by atoms with van der Waals surface area (Å²) in [6, 6.07) is 0. The van der Waals surface area contributed by atoms with Gasteiger partial charge in [-0.05, 0) is 32.6 Å². The van der Waals surface area contributed by atoms with Crippen molar-refractivity contribution in [1.82, 2.24) is 9.97 Å². The molecule has 4 N–H and O–H groups in total. The molecule has 1 atom stereocenters. The number of nitrogens with one attached hydrogen (secondary N) is 1. The number of anilines is 2. The highest BCUT2D eigenvalue weighted by molar-refractivity contribution is 5.48. The van der Waals surface area contributed by atoms with E-state index in [0.29, 0.717) is 11.9 Å². The quantitative estimate of drug-likeness (QED) is 0.540. The van der Waals surface area contributed by atoms with Gasteiger partial charge in [-0.2, -0.15) is 4.98 Å². The smallest absolute Gasteiger partial charge is 0.239 e. The van der Waals surface area contributed by atoms with Crippen LogP contribution in [0.5, 0.6) is 0 Å². The van der Waals surface area contributed by atoms with Crippen LogP contribution in [0.4, 0.5) is 11.8 Å². The van der Waals surface area contributed by atoms with Gasteiger partial charge in [0.15, 0.2) is 0 Å². The van der Waals surface area contributed by atoms with Crippen LogP contribution in [0, 0.1) is 12.8 Å². The van der Waals surface area contributed by atoms with Crippen LogP contribution in [0.25, 0.3) is 0 Å². The lowest BCUT2D eigenvalue weighted by atomic mass is 9.92. The standard InChI is InChI=1S/C12H21N5O/c1-8-7-14-12(16-13)15-11(8)17-5-3-10(4-6-17)9(2)18/h7,9-10,18H,3-6,13H2,1-2H3,(H,14,15,16). The number of hydrogen-bond acceptors (Lipinski definition) is 6. The van der Waals surface area contributed by atoms with E-state index in [1.54, 1.807) is 6.20 Å². The number of nitrogens with zero attached hydrogens (tertiary/aromatic N) is 3. The molecule has 1 fully saturated rings. The van der Waals surface area contributed by atoms with Gasteiger partial charge in [-0.3, -0.25) is 5.43 Å². The van der Waals surface area contributed by atoms with E-state index in [-0.39, 0.29) is 6.10 Å². The van der Waals surface area contributed by atoms with E-state index in [1.807, 2.05) is 13.8 Å². The van der Waals surface area contributed by atoms with Gasteiger partial charge in [0.1, 0.15) is 5.82 Å². The SMILES string of the molecule is Cc1cnc(NN)nc1N1CCC(C(C)O)CC1. The van der Waals surface area contributed by atoms with Gasteiger partial charge in [-0.1, -0.05) is 0 Å². The van der Waals surface area contributed by atoms with E-state index < -0.39 is 0 Å². The second-order valence-electron chi connectivity index (χ2n) is 4.91. The lowest BCUT2D eigenvalue weighted by Crippen LogP contribution is -2.38. The van der Waals surface area contributed by atoms with Crippen LogP contribution in [0.3, 0.4) is 0 Å². The molecule has 6 heteroatoms. The van der Waals surface area contributed by atoms with Gasteiger partial charge < -0.3 is 10.0 Å². The van der Waals surface area contributed by atoms with Gasteiger partial charge >= 0.3 is 0 Å². The van der Waals surface area contributed by atoms with E-state index in [0.717, 1.165) is 37.3 Å². The zero-order chi connectivity index (χ0) is 13.1. The third-order valence-corrected chi connectivity index (χ3v) is 3.60. The van der Waals surface area contributed by atoms with Crippen molar-refractivity contribution in [2.45, 2.75) is 32.8 Å². The Bertz CT molecular complexity index is 401. The van der Waals surface area contributed by atoms with Crippen molar-refractivity contribution >= 4 is 11.8 Å². The van der Waals surface area contributed by atoms with Gasteiger partial charge in [-0.25, -0.2) is 10.8 Å². The molecule has 0 radical (unpaired) electrons. The normalized spacial score (nSPS) is 18.8. The summed E-state index contributed by atoms with van der Waals surface area (Å²) in [7, 11) is 0. The fraction of sp³-hybridized carbons (Fsp3) is 0.667. The largest absolute Gasteiger partial charge is 0.393 e. The number of nitrogens with two attached hydrogens (primary N) is 1. The minimum absolute atomic E-state index is 0.222. The van der Waals surface area contributed by atoms with Crippen LogP contribution >= 0.6 is 0 Å². The number of hydrogen-bond donors (Lipinski definition) is 3. The number of aryl methyl sites for hydroxylation is 1. The number of hydrazine groups is 1. The molecule has 100 valence electrons.